The fourth-order valence-corrected chi connectivity index (χ4v) is 2.81. The molecule has 0 aromatic heterocycles. The SMILES string of the molecule is CCC1CCCN1Cc1ccc(C(C)C)cc1. The highest BCUT2D eigenvalue weighted by Crippen LogP contribution is 2.23. The Morgan fingerprint density at radius 3 is 2.53 bits per heavy atom. The Labute approximate surface area is 106 Å². The number of hydrogen-bond donors (Lipinski definition) is 0. The van der Waals surface area contributed by atoms with Crippen LogP contribution in [0.15, 0.2) is 24.3 Å². The van der Waals surface area contributed by atoms with Crippen molar-refractivity contribution in [3.8, 4) is 0 Å². The topological polar surface area (TPSA) is 3.24 Å². The van der Waals surface area contributed by atoms with E-state index in [-0.39, 0.29) is 0 Å². The summed E-state index contributed by atoms with van der Waals surface area (Å²) in [6, 6.07) is 10.0. The van der Waals surface area contributed by atoms with E-state index in [0.717, 1.165) is 12.6 Å². The van der Waals surface area contributed by atoms with Crippen LogP contribution in [0.1, 0.15) is 57.1 Å². The molecule has 0 spiro atoms. The average molecular weight is 231 g/mol. The minimum atomic E-state index is 0.638. The second-order valence-corrected chi connectivity index (χ2v) is 5.57. The molecule has 1 unspecified atom stereocenters. The van der Waals surface area contributed by atoms with E-state index in [2.05, 4.69) is 49.9 Å². The van der Waals surface area contributed by atoms with Crippen LogP contribution in [0.25, 0.3) is 0 Å². The van der Waals surface area contributed by atoms with Gasteiger partial charge in [0.1, 0.15) is 0 Å². The van der Waals surface area contributed by atoms with E-state index in [0.29, 0.717) is 5.92 Å². The largest absolute Gasteiger partial charge is 0.296 e. The molecule has 0 N–H and O–H groups in total. The van der Waals surface area contributed by atoms with E-state index < -0.39 is 0 Å². The number of hydrogen-bond acceptors (Lipinski definition) is 1. The van der Waals surface area contributed by atoms with E-state index in [1.54, 1.807) is 0 Å². The second kappa shape index (κ2) is 5.68. The first-order valence-electron chi connectivity index (χ1n) is 7.03. The number of likely N-dealkylation sites (tertiary alicyclic amines) is 1. The van der Waals surface area contributed by atoms with E-state index in [9.17, 15) is 0 Å². The van der Waals surface area contributed by atoms with Crippen molar-refractivity contribution in [2.75, 3.05) is 6.54 Å². The third kappa shape index (κ3) is 3.10. The van der Waals surface area contributed by atoms with Gasteiger partial charge in [-0.25, -0.2) is 0 Å². The smallest absolute Gasteiger partial charge is 0.0236 e. The molecule has 1 aromatic rings. The van der Waals surface area contributed by atoms with Crippen LogP contribution in [0.3, 0.4) is 0 Å². The summed E-state index contributed by atoms with van der Waals surface area (Å²) in [7, 11) is 0. The Balaban J connectivity index is 1.99. The fourth-order valence-electron chi connectivity index (χ4n) is 2.81. The molecule has 1 aromatic carbocycles. The number of benzene rings is 1. The molecule has 0 bridgehead atoms. The Bertz CT molecular complexity index is 339. The van der Waals surface area contributed by atoms with Crippen molar-refractivity contribution in [2.45, 2.75) is 58.5 Å². The molecule has 1 nitrogen and oxygen atoms in total. The Hall–Kier alpha value is -0.820. The lowest BCUT2D eigenvalue weighted by Gasteiger charge is -2.23. The molecular formula is C16H25N. The van der Waals surface area contributed by atoms with Crippen molar-refractivity contribution in [1.29, 1.82) is 0 Å². The van der Waals surface area contributed by atoms with Crippen LogP contribution < -0.4 is 0 Å². The summed E-state index contributed by atoms with van der Waals surface area (Å²) < 4.78 is 0. The van der Waals surface area contributed by atoms with Crippen molar-refractivity contribution in [3.05, 3.63) is 35.4 Å². The van der Waals surface area contributed by atoms with Crippen molar-refractivity contribution in [2.24, 2.45) is 0 Å². The third-order valence-corrected chi connectivity index (χ3v) is 4.00. The van der Waals surface area contributed by atoms with Crippen molar-refractivity contribution in [3.63, 3.8) is 0 Å². The van der Waals surface area contributed by atoms with Gasteiger partial charge < -0.3 is 0 Å². The van der Waals surface area contributed by atoms with Crippen molar-refractivity contribution >= 4 is 0 Å². The third-order valence-electron chi connectivity index (χ3n) is 4.00. The first-order chi connectivity index (χ1) is 8.20. The zero-order valence-corrected chi connectivity index (χ0v) is 11.4. The monoisotopic (exact) mass is 231 g/mol. The van der Waals surface area contributed by atoms with E-state index in [4.69, 9.17) is 0 Å². The van der Waals surface area contributed by atoms with Gasteiger partial charge in [-0.2, -0.15) is 0 Å². The van der Waals surface area contributed by atoms with Crippen LogP contribution in [-0.2, 0) is 6.54 Å². The van der Waals surface area contributed by atoms with Gasteiger partial charge in [0, 0.05) is 12.6 Å². The predicted octanol–water partition coefficient (Wildman–Crippen LogP) is 4.18. The van der Waals surface area contributed by atoms with Crippen LogP contribution in [0.5, 0.6) is 0 Å². The molecule has 1 heteroatoms. The fraction of sp³-hybridized carbons (Fsp3) is 0.625. The summed E-state index contributed by atoms with van der Waals surface area (Å²) in [6.45, 7) is 9.23. The maximum atomic E-state index is 2.64. The van der Waals surface area contributed by atoms with Gasteiger partial charge in [-0.05, 0) is 42.9 Å². The summed E-state index contributed by atoms with van der Waals surface area (Å²) in [6.07, 6.45) is 4.06. The van der Waals surface area contributed by atoms with Gasteiger partial charge in [-0.1, -0.05) is 45.0 Å². The summed E-state index contributed by atoms with van der Waals surface area (Å²) in [5.74, 6) is 0.638. The molecule has 94 valence electrons. The van der Waals surface area contributed by atoms with Gasteiger partial charge in [-0.3, -0.25) is 4.90 Å². The molecule has 0 radical (unpaired) electrons. The van der Waals surface area contributed by atoms with Gasteiger partial charge in [0.2, 0.25) is 0 Å². The summed E-state index contributed by atoms with van der Waals surface area (Å²) in [5, 5.41) is 0. The normalized spacial score (nSPS) is 21.3. The van der Waals surface area contributed by atoms with E-state index in [1.165, 1.54) is 36.9 Å². The van der Waals surface area contributed by atoms with Crippen LogP contribution in [0, 0.1) is 0 Å². The first-order valence-corrected chi connectivity index (χ1v) is 7.03. The average Bonchev–Trinajstić information content (AvgIpc) is 2.77. The molecule has 0 amide bonds. The summed E-state index contributed by atoms with van der Waals surface area (Å²) >= 11 is 0. The molecule has 1 atom stereocenters. The molecule has 17 heavy (non-hydrogen) atoms. The Morgan fingerprint density at radius 2 is 1.94 bits per heavy atom. The van der Waals surface area contributed by atoms with Gasteiger partial charge in [0.25, 0.3) is 0 Å². The van der Waals surface area contributed by atoms with Gasteiger partial charge >= 0.3 is 0 Å². The highest BCUT2D eigenvalue weighted by molar-refractivity contribution is 5.24. The van der Waals surface area contributed by atoms with Crippen LogP contribution in [0.4, 0.5) is 0 Å². The van der Waals surface area contributed by atoms with E-state index in [1.807, 2.05) is 0 Å². The molecule has 1 aliphatic heterocycles. The molecule has 1 fully saturated rings. The van der Waals surface area contributed by atoms with Gasteiger partial charge in [-0.15, -0.1) is 0 Å². The first kappa shape index (κ1) is 12.6. The zero-order chi connectivity index (χ0) is 12.3. The predicted molar refractivity (Wildman–Crippen MR) is 74.3 cm³/mol. The standard InChI is InChI=1S/C16H25N/c1-4-16-6-5-11-17(16)12-14-7-9-15(10-8-14)13(2)3/h7-10,13,16H,4-6,11-12H2,1-3H3. The van der Waals surface area contributed by atoms with Crippen molar-refractivity contribution < 1.29 is 0 Å². The van der Waals surface area contributed by atoms with Crippen LogP contribution >= 0.6 is 0 Å². The van der Waals surface area contributed by atoms with Crippen molar-refractivity contribution in [1.82, 2.24) is 4.90 Å². The quantitative estimate of drug-likeness (QED) is 0.751. The molecule has 0 saturated carbocycles. The maximum Gasteiger partial charge on any atom is 0.0236 e. The van der Waals surface area contributed by atoms with Crippen LogP contribution in [-0.4, -0.2) is 17.5 Å². The molecule has 0 aliphatic carbocycles. The maximum absolute atomic E-state index is 2.64. The second-order valence-electron chi connectivity index (χ2n) is 5.57. The van der Waals surface area contributed by atoms with Gasteiger partial charge in [0.15, 0.2) is 0 Å². The van der Waals surface area contributed by atoms with Gasteiger partial charge in [0.05, 0.1) is 0 Å². The summed E-state index contributed by atoms with van der Waals surface area (Å²) in [5.41, 5.74) is 2.91. The lowest BCUT2D eigenvalue weighted by atomic mass is 10.0. The molecule has 1 aliphatic rings. The Morgan fingerprint density at radius 1 is 1.24 bits per heavy atom. The lowest BCUT2D eigenvalue weighted by molar-refractivity contribution is 0.240. The number of nitrogens with zero attached hydrogens (tertiary/aromatic N) is 1. The molecule has 1 saturated heterocycles. The molecular weight excluding hydrogens is 206 g/mol. The van der Waals surface area contributed by atoms with E-state index >= 15 is 0 Å². The molecule has 2 rings (SSSR count). The highest BCUT2D eigenvalue weighted by atomic mass is 15.2. The number of rotatable bonds is 4. The zero-order valence-electron chi connectivity index (χ0n) is 11.4. The summed E-state index contributed by atoms with van der Waals surface area (Å²) in [4.78, 5) is 2.64. The van der Waals surface area contributed by atoms with Crippen LogP contribution in [0.2, 0.25) is 0 Å². The Kier molecular flexibility index (Phi) is 4.22. The lowest BCUT2D eigenvalue weighted by Crippen LogP contribution is -2.28. The minimum absolute atomic E-state index is 0.638. The molecule has 1 heterocycles. The highest BCUT2D eigenvalue weighted by Gasteiger charge is 2.22. The minimum Gasteiger partial charge on any atom is -0.296 e.